The average Bonchev–Trinajstić information content (AvgIpc) is 3.35. The second-order valence-electron chi connectivity index (χ2n) is 8.72. The van der Waals surface area contributed by atoms with Crippen LogP contribution >= 0.6 is 23.8 Å². The summed E-state index contributed by atoms with van der Waals surface area (Å²) in [6.07, 6.45) is 0.882. The van der Waals surface area contributed by atoms with Gasteiger partial charge in [-0.25, -0.2) is 0 Å². The van der Waals surface area contributed by atoms with Gasteiger partial charge < -0.3 is 10.1 Å². The van der Waals surface area contributed by atoms with Gasteiger partial charge in [-0.15, -0.1) is 0 Å². The minimum absolute atomic E-state index is 0.167. The molecule has 2 heterocycles. The molecule has 0 aromatic heterocycles. The van der Waals surface area contributed by atoms with E-state index in [2.05, 4.69) is 54.9 Å². The zero-order valence-corrected chi connectivity index (χ0v) is 19.6. The monoisotopic (exact) mass is 461 g/mol. The number of rotatable bonds is 3. The van der Waals surface area contributed by atoms with Gasteiger partial charge in [-0.2, -0.15) is 0 Å². The Morgan fingerprint density at radius 1 is 1.03 bits per heavy atom. The van der Waals surface area contributed by atoms with E-state index in [9.17, 15) is 0 Å². The molecule has 2 N–H and O–H groups in total. The van der Waals surface area contributed by atoms with Gasteiger partial charge in [-0.3, -0.25) is 10.4 Å². The van der Waals surface area contributed by atoms with Crippen LogP contribution in [0.15, 0.2) is 72.8 Å². The highest BCUT2D eigenvalue weighted by molar-refractivity contribution is 7.80. The Balaban J connectivity index is 1.38. The number of benzene rings is 3. The summed E-state index contributed by atoms with van der Waals surface area (Å²) in [6, 6.07) is 24.4. The summed E-state index contributed by atoms with van der Waals surface area (Å²) in [5.41, 5.74) is 9.92. The Bertz CT molecular complexity index is 1210. The van der Waals surface area contributed by atoms with E-state index in [1.54, 1.807) is 0 Å². The molecule has 4 nitrogen and oxygen atoms in total. The Kier molecular flexibility index (Phi) is 5.31. The van der Waals surface area contributed by atoms with Crippen molar-refractivity contribution in [1.29, 1.82) is 0 Å². The van der Waals surface area contributed by atoms with Gasteiger partial charge in [0.25, 0.3) is 0 Å². The lowest BCUT2D eigenvalue weighted by Crippen LogP contribution is -2.40. The molecule has 0 atom stereocenters. The van der Waals surface area contributed by atoms with Crippen molar-refractivity contribution < 1.29 is 4.74 Å². The van der Waals surface area contributed by atoms with Gasteiger partial charge in [0.05, 0.1) is 12.2 Å². The fraction of sp³-hybridized carbons (Fsp3) is 0.192. The van der Waals surface area contributed by atoms with E-state index in [0.717, 1.165) is 34.7 Å². The van der Waals surface area contributed by atoms with E-state index in [1.165, 1.54) is 11.1 Å². The van der Waals surface area contributed by atoms with Crippen molar-refractivity contribution in [3.63, 3.8) is 0 Å². The van der Waals surface area contributed by atoms with Crippen LogP contribution in [0.5, 0.6) is 5.75 Å². The molecule has 0 radical (unpaired) electrons. The van der Waals surface area contributed by atoms with E-state index in [4.69, 9.17) is 28.6 Å². The van der Waals surface area contributed by atoms with E-state index in [-0.39, 0.29) is 5.60 Å². The molecule has 3 aromatic carbocycles. The summed E-state index contributed by atoms with van der Waals surface area (Å²) >= 11 is 11.9. The molecule has 0 bridgehead atoms. The van der Waals surface area contributed by atoms with Crippen LogP contribution in [0.1, 0.15) is 30.5 Å². The van der Waals surface area contributed by atoms with Crippen LogP contribution in [-0.4, -0.2) is 22.3 Å². The third kappa shape index (κ3) is 4.18. The Hall–Kier alpha value is -3.02. The molecule has 0 saturated heterocycles. The number of hydrogen-bond donors (Lipinski definition) is 2. The van der Waals surface area contributed by atoms with Gasteiger partial charge in [-0.1, -0.05) is 54.1 Å². The van der Waals surface area contributed by atoms with Crippen LogP contribution in [0, 0.1) is 0 Å². The number of hydrazine groups is 1. The summed E-state index contributed by atoms with van der Waals surface area (Å²) in [6.45, 7) is 4.86. The van der Waals surface area contributed by atoms with Crippen molar-refractivity contribution in [1.82, 2.24) is 10.4 Å². The maximum absolute atomic E-state index is 6.11. The highest BCUT2D eigenvalue weighted by Gasteiger charge is 2.30. The second-order valence-corrected chi connectivity index (χ2v) is 9.54. The lowest BCUT2D eigenvalue weighted by Gasteiger charge is -2.22. The van der Waals surface area contributed by atoms with Crippen molar-refractivity contribution in [2.45, 2.75) is 25.9 Å². The van der Waals surface area contributed by atoms with Crippen molar-refractivity contribution in [2.24, 2.45) is 0 Å². The van der Waals surface area contributed by atoms with Gasteiger partial charge in [-0.05, 0) is 67.5 Å². The van der Waals surface area contributed by atoms with Crippen LogP contribution < -0.4 is 15.5 Å². The minimum atomic E-state index is -0.167. The predicted molar refractivity (Wildman–Crippen MR) is 136 cm³/mol. The quantitative estimate of drug-likeness (QED) is 0.458. The average molecular weight is 462 g/mol. The maximum Gasteiger partial charge on any atom is 0.192 e. The molecule has 32 heavy (non-hydrogen) atoms. The number of nitrogens with zero attached hydrogens (tertiary/aromatic N) is 1. The number of hydrogen-bond acceptors (Lipinski definition) is 3. The van der Waals surface area contributed by atoms with Crippen molar-refractivity contribution in [2.75, 3.05) is 11.9 Å². The molecule has 0 unspecified atom stereocenters. The normalized spacial score (nSPS) is 16.4. The van der Waals surface area contributed by atoms with Gasteiger partial charge in [0, 0.05) is 28.3 Å². The maximum atomic E-state index is 6.11. The Morgan fingerprint density at radius 3 is 2.53 bits per heavy atom. The molecule has 5 rings (SSSR count). The SMILES string of the molecule is CC1(C)Cc2cc(NC(=S)N3CC(c4ccccc4)=C(c4ccc(Cl)cc4)N3)ccc2O1. The van der Waals surface area contributed by atoms with Gasteiger partial charge in [0.15, 0.2) is 5.11 Å². The van der Waals surface area contributed by atoms with E-state index in [0.29, 0.717) is 16.7 Å². The molecule has 0 fully saturated rings. The standard InChI is InChI=1S/C26H24ClN3OS/c1-26(2)15-19-14-21(12-13-23(19)31-26)28-25(32)30-16-22(17-6-4-3-5-7-17)24(29-30)18-8-10-20(27)11-9-18/h3-14,29H,15-16H2,1-2H3,(H,28,32). The molecular formula is C26H24ClN3OS. The van der Waals surface area contributed by atoms with Gasteiger partial charge >= 0.3 is 0 Å². The number of ether oxygens (including phenoxy) is 1. The zero-order chi connectivity index (χ0) is 22.3. The zero-order valence-electron chi connectivity index (χ0n) is 18.0. The molecule has 0 amide bonds. The Morgan fingerprint density at radius 2 is 1.78 bits per heavy atom. The molecule has 0 saturated carbocycles. The van der Waals surface area contributed by atoms with Crippen LogP contribution in [0.4, 0.5) is 5.69 Å². The van der Waals surface area contributed by atoms with Crippen LogP contribution in [0.2, 0.25) is 5.02 Å². The first-order chi connectivity index (χ1) is 15.4. The number of nitrogens with one attached hydrogen (secondary N) is 2. The summed E-state index contributed by atoms with van der Waals surface area (Å²) in [5, 5.41) is 6.68. The topological polar surface area (TPSA) is 36.5 Å². The third-order valence-corrected chi connectivity index (χ3v) is 6.25. The molecule has 3 aromatic rings. The van der Waals surface area contributed by atoms with Crippen molar-refractivity contribution in [3.8, 4) is 5.75 Å². The van der Waals surface area contributed by atoms with Gasteiger partial charge in [0.2, 0.25) is 0 Å². The van der Waals surface area contributed by atoms with Gasteiger partial charge in [0.1, 0.15) is 11.4 Å². The van der Waals surface area contributed by atoms with Crippen LogP contribution in [0.3, 0.4) is 0 Å². The third-order valence-electron chi connectivity index (χ3n) is 5.68. The van der Waals surface area contributed by atoms with E-state index >= 15 is 0 Å². The number of fused-ring (bicyclic) bond motifs is 1. The summed E-state index contributed by atoms with van der Waals surface area (Å²) in [5.74, 6) is 0.948. The minimum Gasteiger partial charge on any atom is -0.487 e. The fourth-order valence-electron chi connectivity index (χ4n) is 4.21. The van der Waals surface area contributed by atoms with Crippen LogP contribution in [-0.2, 0) is 6.42 Å². The first kappa shape index (κ1) is 20.9. The highest BCUT2D eigenvalue weighted by atomic mass is 35.5. The summed E-state index contributed by atoms with van der Waals surface area (Å²) < 4.78 is 5.99. The summed E-state index contributed by atoms with van der Waals surface area (Å²) in [7, 11) is 0. The molecule has 0 aliphatic carbocycles. The lowest BCUT2D eigenvalue weighted by atomic mass is 10.0. The predicted octanol–water partition coefficient (Wildman–Crippen LogP) is 6.14. The molecule has 6 heteroatoms. The first-order valence-corrected chi connectivity index (χ1v) is 11.4. The molecule has 0 spiro atoms. The number of thiocarbonyl (C=S) groups is 1. The number of halogens is 1. The van der Waals surface area contributed by atoms with Crippen molar-refractivity contribution >= 4 is 45.9 Å². The molecule has 2 aliphatic rings. The lowest BCUT2D eigenvalue weighted by molar-refractivity contribution is 0.138. The molecule has 2 aliphatic heterocycles. The largest absolute Gasteiger partial charge is 0.487 e. The molecule has 162 valence electrons. The smallest absolute Gasteiger partial charge is 0.192 e. The van der Waals surface area contributed by atoms with Crippen molar-refractivity contribution in [3.05, 3.63) is 94.5 Å². The van der Waals surface area contributed by atoms with E-state index < -0.39 is 0 Å². The molecular weight excluding hydrogens is 438 g/mol. The summed E-state index contributed by atoms with van der Waals surface area (Å²) in [4.78, 5) is 0. The highest BCUT2D eigenvalue weighted by Crippen LogP contribution is 2.36. The Labute approximate surface area is 198 Å². The fourth-order valence-corrected chi connectivity index (χ4v) is 4.56. The second kappa shape index (κ2) is 8.15. The number of anilines is 1. The first-order valence-electron chi connectivity index (χ1n) is 10.6. The van der Waals surface area contributed by atoms with Crippen LogP contribution in [0.25, 0.3) is 11.3 Å². The van der Waals surface area contributed by atoms with E-state index in [1.807, 2.05) is 47.5 Å².